The zero-order valence-electron chi connectivity index (χ0n) is 26.8. The molecule has 6 heteroatoms. The average Bonchev–Trinajstić information content (AvgIpc) is 2.84. The summed E-state index contributed by atoms with van der Waals surface area (Å²) >= 11 is 0.194. The first-order chi connectivity index (χ1) is 18.8. The Bertz CT molecular complexity index is 1200. The van der Waals surface area contributed by atoms with Crippen LogP contribution in [-0.4, -0.2) is 17.4 Å². The van der Waals surface area contributed by atoms with Crippen molar-refractivity contribution in [2.75, 3.05) is 0 Å². The third kappa shape index (κ3) is 10.1. The van der Waals surface area contributed by atoms with Crippen molar-refractivity contribution >= 4 is 44.0 Å². The van der Waals surface area contributed by atoms with E-state index in [4.69, 9.17) is 35.2 Å². The molecule has 3 rings (SSSR count). The first-order valence-electron chi connectivity index (χ1n) is 14.0. The molecule has 0 atom stereocenters. The van der Waals surface area contributed by atoms with E-state index in [-0.39, 0.29) is 34.8 Å². The number of nitrogens with zero attached hydrogens (tertiary/aromatic N) is 3. The molecule has 0 unspecified atom stereocenters. The van der Waals surface area contributed by atoms with Gasteiger partial charge in [-0.1, -0.05) is 126 Å². The van der Waals surface area contributed by atoms with Crippen molar-refractivity contribution in [2.24, 2.45) is 9.98 Å². The van der Waals surface area contributed by atoms with Crippen molar-refractivity contribution in [3.05, 3.63) is 88.2 Å². The van der Waals surface area contributed by atoms with Gasteiger partial charge in [0.25, 0.3) is 0 Å². The number of aliphatic imine (C=N–C) groups is 2. The molecule has 0 aliphatic rings. The summed E-state index contributed by atoms with van der Waals surface area (Å²) in [6.45, 7) is 26.9. The SMILES string of the molecule is CC(C)(C)c1cccc(C(C)(C)C)c1N=Cc1cccc(C=Nc2c(C(C)(C)C)cccc2C(C)(C)C)n1.[Cl][Fe][Cl]. The van der Waals surface area contributed by atoms with E-state index >= 15 is 0 Å². The molecule has 1 heterocycles. The summed E-state index contributed by atoms with van der Waals surface area (Å²) in [4.78, 5) is 14.9. The second-order valence-electron chi connectivity index (χ2n) is 14.5. The summed E-state index contributed by atoms with van der Waals surface area (Å²) in [5.41, 5.74) is 8.64. The molecule has 3 nitrogen and oxygen atoms in total. The summed E-state index contributed by atoms with van der Waals surface area (Å²) in [7, 11) is 9.53. The molecule has 0 N–H and O–H groups in total. The van der Waals surface area contributed by atoms with Crippen LogP contribution >= 0.6 is 20.2 Å². The maximum absolute atomic E-state index is 5.03. The van der Waals surface area contributed by atoms with E-state index in [2.05, 4.69) is 119 Å². The standard InChI is InChI=1S/C35H47N3.2ClH.Fe/c1-32(2,3)26-18-14-19-27(33(4,5)6)30(26)36-22-24-16-13-17-25(38-24)23-37-31-28(34(7,8)9)20-15-21-29(31)35(10,11)12;;;/h13-23H,1-12H3;2*1H;/q;;;+2/p-2. The van der Waals surface area contributed by atoms with Crippen LogP contribution in [0.2, 0.25) is 0 Å². The predicted molar refractivity (Wildman–Crippen MR) is 178 cm³/mol. The number of benzene rings is 2. The van der Waals surface area contributed by atoms with Crippen LogP contribution in [0, 0.1) is 0 Å². The van der Waals surface area contributed by atoms with Gasteiger partial charge in [0.05, 0.1) is 35.2 Å². The zero-order valence-corrected chi connectivity index (χ0v) is 29.4. The molecule has 0 amide bonds. The third-order valence-corrected chi connectivity index (χ3v) is 6.75. The van der Waals surface area contributed by atoms with Gasteiger partial charge in [0.1, 0.15) is 0 Å². The van der Waals surface area contributed by atoms with E-state index in [1.54, 1.807) is 0 Å². The van der Waals surface area contributed by atoms with E-state index < -0.39 is 0 Å². The van der Waals surface area contributed by atoms with Gasteiger partial charge in [-0.3, -0.25) is 9.98 Å². The van der Waals surface area contributed by atoms with Crippen molar-refractivity contribution in [1.29, 1.82) is 0 Å². The van der Waals surface area contributed by atoms with Crippen LogP contribution in [0.3, 0.4) is 0 Å². The second kappa shape index (κ2) is 14.0. The molecule has 0 aliphatic carbocycles. The Hall–Kier alpha value is -1.97. The van der Waals surface area contributed by atoms with E-state index in [0.717, 1.165) is 22.8 Å². The molecule has 3 aromatic rings. The molecule has 224 valence electrons. The number of aromatic nitrogens is 1. The molecule has 0 fully saturated rings. The molecule has 0 spiro atoms. The molecule has 0 saturated carbocycles. The Morgan fingerprint density at radius 3 is 1.00 bits per heavy atom. The minimum atomic E-state index is -0.0128. The van der Waals surface area contributed by atoms with Crippen LogP contribution in [0.1, 0.15) is 117 Å². The average molecular weight is 637 g/mol. The van der Waals surface area contributed by atoms with Gasteiger partial charge in [0.2, 0.25) is 0 Å². The van der Waals surface area contributed by atoms with Crippen LogP contribution in [-0.2, 0) is 34.8 Å². The van der Waals surface area contributed by atoms with Crippen molar-refractivity contribution < 1.29 is 13.1 Å². The van der Waals surface area contributed by atoms with Gasteiger partial charge in [-0.25, -0.2) is 4.98 Å². The predicted octanol–water partition coefficient (Wildman–Crippen LogP) is 11.1. The van der Waals surface area contributed by atoms with Crippen molar-refractivity contribution in [3.63, 3.8) is 0 Å². The number of halogens is 2. The first kappa shape index (κ1) is 35.2. The topological polar surface area (TPSA) is 37.6 Å². The number of pyridine rings is 1. The van der Waals surface area contributed by atoms with E-state index in [1.165, 1.54) is 22.3 Å². The fourth-order valence-electron chi connectivity index (χ4n) is 4.66. The van der Waals surface area contributed by atoms with Gasteiger partial charge in [0.15, 0.2) is 0 Å². The van der Waals surface area contributed by atoms with Crippen molar-refractivity contribution in [2.45, 2.75) is 105 Å². The van der Waals surface area contributed by atoms with Crippen molar-refractivity contribution in [3.8, 4) is 0 Å². The van der Waals surface area contributed by atoms with Crippen molar-refractivity contribution in [1.82, 2.24) is 4.98 Å². The number of hydrogen-bond donors (Lipinski definition) is 0. The van der Waals surface area contributed by atoms with Crippen LogP contribution in [0.15, 0.2) is 64.6 Å². The molecule has 0 aliphatic heterocycles. The van der Waals surface area contributed by atoms with E-state index in [9.17, 15) is 0 Å². The summed E-state index contributed by atoms with van der Waals surface area (Å²) in [5, 5.41) is 0. The maximum atomic E-state index is 5.03. The first-order valence-corrected chi connectivity index (χ1v) is 17.0. The fourth-order valence-corrected chi connectivity index (χ4v) is 4.66. The van der Waals surface area contributed by atoms with Crippen LogP contribution in [0.5, 0.6) is 0 Å². The molecule has 0 radical (unpaired) electrons. The summed E-state index contributed by atoms with van der Waals surface area (Å²) in [6, 6.07) is 19.1. The van der Waals surface area contributed by atoms with Gasteiger partial charge in [-0.05, 0) is 56.0 Å². The Balaban J connectivity index is 0.00000187. The van der Waals surface area contributed by atoms with Gasteiger partial charge in [-0.15, -0.1) is 0 Å². The normalized spacial score (nSPS) is 13.1. The van der Waals surface area contributed by atoms with Gasteiger partial charge in [0, 0.05) is 0 Å². The second-order valence-corrected chi connectivity index (χ2v) is 16.3. The number of para-hydroxylation sites is 2. The Morgan fingerprint density at radius 1 is 0.512 bits per heavy atom. The summed E-state index contributed by atoms with van der Waals surface area (Å²) in [6.07, 6.45) is 3.78. The quantitative estimate of drug-likeness (QED) is 0.207. The minimum absolute atomic E-state index is 0.0128. The Labute approximate surface area is 263 Å². The molecule has 0 bridgehead atoms. The Morgan fingerprint density at radius 2 is 0.756 bits per heavy atom. The van der Waals surface area contributed by atoms with Crippen LogP contribution in [0.4, 0.5) is 11.4 Å². The third-order valence-electron chi connectivity index (χ3n) is 6.75. The molecule has 41 heavy (non-hydrogen) atoms. The number of hydrogen-bond acceptors (Lipinski definition) is 3. The molecule has 1 aromatic heterocycles. The van der Waals surface area contributed by atoms with Crippen LogP contribution < -0.4 is 0 Å². The van der Waals surface area contributed by atoms with E-state index in [1.807, 2.05) is 30.6 Å². The van der Waals surface area contributed by atoms with E-state index in [0.29, 0.717) is 0 Å². The van der Waals surface area contributed by atoms with Gasteiger partial charge >= 0.3 is 33.3 Å². The zero-order chi connectivity index (χ0) is 31.2. The number of rotatable bonds is 4. The molecule has 0 saturated heterocycles. The van der Waals surface area contributed by atoms with Gasteiger partial charge < -0.3 is 0 Å². The monoisotopic (exact) mass is 635 g/mol. The summed E-state index contributed by atoms with van der Waals surface area (Å²) < 4.78 is 0. The molecular weight excluding hydrogens is 589 g/mol. The summed E-state index contributed by atoms with van der Waals surface area (Å²) in [5.74, 6) is 0. The van der Waals surface area contributed by atoms with Gasteiger partial charge in [-0.2, -0.15) is 0 Å². The fraction of sp³-hybridized carbons (Fsp3) is 0.457. The Kier molecular flexibility index (Phi) is 12.0. The molecular formula is C35H47Cl2FeN3. The molecule has 2 aromatic carbocycles. The van der Waals surface area contributed by atoms with Crippen LogP contribution in [0.25, 0.3) is 0 Å².